The molecule has 0 spiro atoms. The van der Waals surface area contributed by atoms with Crippen molar-refractivity contribution in [2.75, 3.05) is 12.3 Å². The molecule has 2 aromatic heterocycles. The van der Waals surface area contributed by atoms with E-state index in [2.05, 4.69) is 24.3 Å². The average molecular weight is 305 g/mol. The molecule has 2 heterocycles. The molecule has 1 atom stereocenters. The summed E-state index contributed by atoms with van der Waals surface area (Å²) in [5.74, 6) is 0.659. The summed E-state index contributed by atoms with van der Waals surface area (Å²) in [5.41, 5.74) is 6.31. The van der Waals surface area contributed by atoms with Gasteiger partial charge in [0.25, 0.3) is 5.91 Å². The molecule has 2 aromatic rings. The first kappa shape index (κ1) is 16.1. The summed E-state index contributed by atoms with van der Waals surface area (Å²) in [6.45, 7) is 4.92. The molecule has 0 bridgehead atoms. The molecule has 0 saturated heterocycles. The predicted molar refractivity (Wildman–Crippen MR) is 84.3 cm³/mol. The Bertz CT molecular complexity index is 590. The maximum Gasteiger partial charge on any atom is 0.259 e. The number of rotatable bonds is 8. The fourth-order valence-corrected chi connectivity index (χ4v) is 2.37. The number of amides is 1. The minimum absolute atomic E-state index is 0.00510. The minimum Gasteiger partial charge on any atom is -0.463 e. The van der Waals surface area contributed by atoms with E-state index in [4.69, 9.17) is 14.7 Å². The smallest absolute Gasteiger partial charge is 0.259 e. The Hall–Kier alpha value is -2.24. The molecule has 1 unspecified atom stereocenters. The maximum atomic E-state index is 12.4. The number of aromatic nitrogens is 1. The van der Waals surface area contributed by atoms with Gasteiger partial charge in [-0.2, -0.15) is 0 Å². The van der Waals surface area contributed by atoms with E-state index in [1.807, 2.05) is 0 Å². The number of nitrogen functional groups attached to an aromatic ring is 1. The standard InChI is InChI=1S/C16H23N3O3/c1-3-5-7-11(4-2)10-18-16(20)13-14(19-22-15(13)17)12-8-6-9-21-12/h6,8-9,11H,3-5,7,10,17H2,1-2H3,(H,18,20). The highest BCUT2D eigenvalue weighted by Crippen LogP contribution is 2.27. The molecule has 6 nitrogen and oxygen atoms in total. The summed E-state index contributed by atoms with van der Waals surface area (Å²) in [7, 11) is 0. The number of carbonyl (C=O) groups excluding carboxylic acids is 1. The molecule has 1 amide bonds. The zero-order valence-corrected chi connectivity index (χ0v) is 13.1. The Morgan fingerprint density at radius 3 is 2.91 bits per heavy atom. The third kappa shape index (κ3) is 3.69. The molecule has 0 aliphatic heterocycles. The van der Waals surface area contributed by atoms with E-state index in [0.29, 0.717) is 23.9 Å². The van der Waals surface area contributed by atoms with Gasteiger partial charge in [-0.25, -0.2) is 0 Å². The molecular formula is C16H23N3O3. The summed E-state index contributed by atoms with van der Waals surface area (Å²) < 4.78 is 10.2. The van der Waals surface area contributed by atoms with Crippen LogP contribution >= 0.6 is 0 Å². The molecule has 3 N–H and O–H groups in total. The van der Waals surface area contributed by atoms with E-state index in [1.165, 1.54) is 12.7 Å². The Morgan fingerprint density at radius 1 is 1.45 bits per heavy atom. The van der Waals surface area contributed by atoms with Crippen molar-refractivity contribution in [3.8, 4) is 11.5 Å². The lowest BCUT2D eigenvalue weighted by atomic mass is 9.99. The maximum absolute atomic E-state index is 12.4. The number of unbranched alkanes of at least 4 members (excludes halogenated alkanes) is 1. The number of anilines is 1. The van der Waals surface area contributed by atoms with E-state index in [-0.39, 0.29) is 17.4 Å². The summed E-state index contributed by atoms with van der Waals surface area (Å²) in [5, 5.41) is 6.75. The van der Waals surface area contributed by atoms with E-state index in [9.17, 15) is 4.79 Å². The SMILES string of the molecule is CCCCC(CC)CNC(=O)c1c(-c2ccco2)noc1N. The van der Waals surface area contributed by atoms with Gasteiger partial charge in [-0.15, -0.1) is 0 Å². The number of nitrogens with one attached hydrogen (secondary N) is 1. The second-order valence-corrected chi connectivity index (χ2v) is 5.37. The van der Waals surface area contributed by atoms with Crippen LogP contribution in [0.25, 0.3) is 11.5 Å². The van der Waals surface area contributed by atoms with Gasteiger partial charge >= 0.3 is 0 Å². The number of furan rings is 1. The van der Waals surface area contributed by atoms with E-state index in [1.54, 1.807) is 12.1 Å². The number of hydrogen-bond acceptors (Lipinski definition) is 5. The fourth-order valence-electron chi connectivity index (χ4n) is 2.37. The van der Waals surface area contributed by atoms with Crippen LogP contribution in [0.2, 0.25) is 0 Å². The number of carbonyl (C=O) groups is 1. The van der Waals surface area contributed by atoms with Gasteiger partial charge in [-0.3, -0.25) is 4.79 Å². The van der Waals surface area contributed by atoms with E-state index >= 15 is 0 Å². The molecule has 0 saturated carbocycles. The van der Waals surface area contributed by atoms with Gasteiger partial charge in [0.15, 0.2) is 11.5 Å². The highest BCUT2D eigenvalue weighted by Gasteiger charge is 2.24. The Morgan fingerprint density at radius 2 is 2.27 bits per heavy atom. The minimum atomic E-state index is -0.278. The molecule has 22 heavy (non-hydrogen) atoms. The van der Waals surface area contributed by atoms with Crippen LogP contribution in [0.5, 0.6) is 0 Å². The van der Waals surface area contributed by atoms with Crippen LogP contribution in [0.15, 0.2) is 27.3 Å². The normalized spacial score (nSPS) is 12.3. The van der Waals surface area contributed by atoms with Crippen molar-refractivity contribution >= 4 is 11.8 Å². The Balaban J connectivity index is 2.05. The molecule has 2 rings (SSSR count). The number of nitrogens with two attached hydrogens (primary N) is 1. The first-order chi connectivity index (χ1) is 10.7. The monoisotopic (exact) mass is 305 g/mol. The lowest BCUT2D eigenvalue weighted by molar-refractivity contribution is 0.0946. The van der Waals surface area contributed by atoms with Gasteiger partial charge in [0.1, 0.15) is 5.56 Å². The quantitative estimate of drug-likeness (QED) is 0.778. The molecular weight excluding hydrogens is 282 g/mol. The third-order valence-electron chi connectivity index (χ3n) is 3.79. The Kier molecular flexibility index (Phi) is 5.63. The second kappa shape index (κ2) is 7.68. The second-order valence-electron chi connectivity index (χ2n) is 5.37. The van der Waals surface area contributed by atoms with Gasteiger partial charge in [0, 0.05) is 6.54 Å². The molecule has 6 heteroatoms. The van der Waals surface area contributed by atoms with E-state index in [0.717, 1.165) is 19.3 Å². The molecule has 0 fully saturated rings. The van der Waals surface area contributed by atoms with Crippen molar-refractivity contribution in [3.05, 3.63) is 24.0 Å². The molecule has 0 aliphatic carbocycles. The van der Waals surface area contributed by atoms with Crippen LogP contribution in [-0.2, 0) is 0 Å². The van der Waals surface area contributed by atoms with Crippen molar-refractivity contribution in [1.82, 2.24) is 10.5 Å². The molecule has 0 aromatic carbocycles. The highest BCUT2D eigenvalue weighted by atomic mass is 16.5. The van der Waals surface area contributed by atoms with Crippen molar-refractivity contribution in [1.29, 1.82) is 0 Å². The van der Waals surface area contributed by atoms with Crippen LogP contribution in [0.3, 0.4) is 0 Å². The first-order valence-corrected chi connectivity index (χ1v) is 7.74. The van der Waals surface area contributed by atoms with Crippen LogP contribution in [-0.4, -0.2) is 17.6 Å². The summed E-state index contributed by atoms with van der Waals surface area (Å²) in [6.07, 6.45) is 5.98. The van der Waals surface area contributed by atoms with Crippen LogP contribution in [0.1, 0.15) is 49.9 Å². The van der Waals surface area contributed by atoms with Gasteiger partial charge in [-0.1, -0.05) is 38.3 Å². The number of nitrogens with zero attached hydrogens (tertiary/aromatic N) is 1. The lowest BCUT2D eigenvalue weighted by Gasteiger charge is -2.15. The zero-order chi connectivity index (χ0) is 15.9. The average Bonchev–Trinajstić information content (AvgIpc) is 3.16. The summed E-state index contributed by atoms with van der Waals surface area (Å²) in [6, 6.07) is 3.43. The van der Waals surface area contributed by atoms with Gasteiger partial charge in [-0.05, 0) is 24.5 Å². The van der Waals surface area contributed by atoms with Gasteiger partial charge in [0.05, 0.1) is 6.26 Å². The third-order valence-corrected chi connectivity index (χ3v) is 3.79. The van der Waals surface area contributed by atoms with Crippen molar-refractivity contribution in [2.24, 2.45) is 5.92 Å². The molecule has 120 valence electrons. The van der Waals surface area contributed by atoms with E-state index < -0.39 is 0 Å². The number of hydrogen-bond donors (Lipinski definition) is 2. The van der Waals surface area contributed by atoms with Crippen LogP contribution < -0.4 is 11.1 Å². The fraction of sp³-hybridized carbons (Fsp3) is 0.500. The zero-order valence-electron chi connectivity index (χ0n) is 13.1. The summed E-state index contributed by atoms with van der Waals surface area (Å²) in [4.78, 5) is 12.4. The first-order valence-electron chi connectivity index (χ1n) is 7.74. The lowest BCUT2D eigenvalue weighted by Crippen LogP contribution is -2.29. The van der Waals surface area contributed by atoms with Gasteiger partial charge in [0.2, 0.25) is 5.88 Å². The molecule has 0 radical (unpaired) electrons. The largest absolute Gasteiger partial charge is 0.463 e. The molecule has 0 aliphatic rings. The Labute approximate surface area is 130 Å². The van der Waals surface area contributed by atoms with Crippen LogP contribution in [0, 0.1) is 5.92 Å². The predicted octanol–water partition coefficient (Wildman–Crippen LogP) is 3.46. The van der Waals surface area contributed by atoms with Gasteiger partial charge < -0.3 is 20.0 Å². The van der Waals surface area contributed by atoms with Crippen molar-refractivity contribution < 1.29 is 13.7 Å². The summed E-state index contributed by atoms with van der Waals surface area (Å²) >= 11 is 0. The van der Waals surface area contributed by atoms with Crippen LogP contribution in [0.4, 0.5) is 5.88 Å². The van der Waals surface area contributed by atoms with Crippen molar-refractivity contribution in [3.63, 3.8) is 0 Å². The topological polar surface area (TPSA) is 94.3 Å². The van der Waals surface area contributed by atoms with Crippen molar-refractivity contribution in [2.45, 2.75) is 39.5 Å². The highest BCUT2D eigenvalue weighted by molar-refractivity contribution is 6.03.